The Bertz CT molecular complexity index is 1700. The SMILES string of the molecule is CC(=O)N(CC1(N2CCN(C(=O)C(Cc3ccc(Cl)cc3)NC(=O)c3cnc4ccccc4c3)CC2)CCCCC1)c1ccccc1. The molecular formula is C38H42ClN5O3. The Kier molecular flexibility index (Phi) is 10.2. The van der Waals surface area contributed by atoms with Crippen molar-refractivity contribution >= 4 is 45.9 Å². The van der Waals surface area contributed by atoms with Crippen LogP contribution in [0.5, 0.6) is 0 Å². The molecule has 9 heteroatoms. The quantitative estimate of drug-likeness (QED) is 0.235. The number of benzene rings is 3. The number of pyridine rings is 1. The fourth-order valence-electron chi connectivity index (χ4n) is 7.19. The molecule has 1 saturated carbocycles. The average Bonchev–Trinajstić information content (AvgIpc) is 3.11. The van der Waals surface area contributed by atoms with E-state index in [1.165, 1.54) is 6.42 Å². The molecule has 2 heterocycles. The van der Waals surface area contributed by atoms with Crippen LogP contribution in [-0.2, 0) is 16.0 Å². The average molecular weight is 652 g/mol. The van der Waals surface area contributed by atoms with Gasteiger partial charge in [0, 0.05) is 73.9 Å². The zero-order valence-electron chi connectivity index (χ0n) is 26.9. The van der Waals surface area contributed by atoms with Gasteiger partial charge in [0.2, 0.25) is 11.8 Å². The normalized spacial score (nSPS) is 17.2. The monoisotopic (exact) mass is 651 g/mol. The number of nitrogens with zero attached hydrogens (tertiary/aromatic N) is 4. The molecule has 1 N–H and O–H groups in total. The number of rotatable bonds is 9. The van der Waals surface area contributed by atoms with E-state index in [9.17, 15) is 14.4 Å². The minimum Gasteiger partial charge on any atom is -0.340 e. The number of hydrogen-bond donors (Lipinski definition) is 1. The third-order valence-corrected chi connectivity index (χ3v) is 10.0. The highest BCUT2D eigenvalue weighted by atomic mass is 35.5. The molecular weight excluding hydrogens is 610 g/mol. The number of carbonyl (C=O) groups excluding carboxylic acids is 3. The predicted molar refractivity (Wildman–Crippen MR) is 187 cm³/mol. The first kappa shape index (κ1) is 32.7. The first-order valence-corrected chi connectivity index (χ1v) is 17.0. The van der Waals surface area contributed by atoms with Crippen LogP contribution in [0.3, 0.4) is 0 Å². The Morgan fingerprint density at radius 3 is 2.28 bits per heavy atom. The number of amides is 3. The molecule has 2 aliphatic rings. The van der Waals surface area contributed by atoms with Crippen molar-refractivity contribution in [3.05, 3.63) is 107 Å². The van der Waals surface area contributed by atoms with Crippen molar-refractivity contribution in [2.45, 2.75) is 57.0 Å². The lowest BCUT2D eigenvalue weighted by molar-refractivity contribution is -0.136. The molecule has 244 valence electrons. The Hall–Kier alpha value is -4.27. The molecule has 1 aliphatic carbocycles. The number of anilines is 1. The van der Waals surface area contributed by atoms with Gasteiger partial charge < -0.3 is 15.1 Å². The van der Waals surface area contributed by atoms with E-state index in [2.05, 4.69) is 15.2 Å². The lowest BCUT2D eigenvalue weighted by Gasteiger charge is -2.51. The topological polar surface area (TPSA) is 85.9 Å². The van der Waals surface area contributed by atoms with Gasteiger partial charge in [-0.3, -0.25) is 24.3 Å². The van der Waals surface area contributed by atoms with Gasteiger partial charge in [-0.1, -0.05) is 79.4 Å². The molecule has 1 unspecified atom stereocenters. The van der Waals surface area contributed by atoms with Gasteiger partial charge in [0.05, 0.1) is 11.1 Å². The highest BCUT2D eigenvalue weighted by molar-refractivity contribution is 6.30. The Morgan fingerprint density at radius 1 is 0.894 bits per heavy atom. The number of carbonyl (C=O) groups is 3. The van der Waals surface area contributed by atoms with Crippen molar-refractivity contribution in [1.29, 1.82) is 0 Å². The summed E-state index contributed by atoms with van der Waals surface area (Å²) in [7, 11) is 0. The maximum atomic E-state index is 14.2. The molecule has 0 bridgehead atoms. The van der Waals surface area contributed by atoms with E-state index in [1.54, 1.807) is 25.3 Å². The molecule has 3 aromatic carbocycles. The van der Waals surface area contributed by atoms with Gasteiger partial charge in [-0.2, -0.15) is 0 Å². The second kappa shape index (κ2) is 14.7. The summed E-state index contributed by atoms with van der Waals surface area (Å²) in [5.41, 5.74) is 2.90. The summed E-state index contributed by atoms with van der Waals surface area (Å²) in [4.78, 5) is 51.3. The maximum absolute atomic E-state index is 14.2. The summed E-state index contributed by atoms with van der Waals surface area (Å²) >= 11 is 6.14. The first-order valence-electron chi connectivity index (χ1n) is 16.6. The van der Waals surface area contributed by atoms with Crippen LogP contribution in [0.4, 0.5) is 5.69 Å². The van der Waals surface area contributed by atoms with Crippen molar-refractivity contribution in [1.82, 2.24) is 20.1 Å². The number of hydrogen-bond acceptors (Lipinski definition) is 5. The van der Waals surface area contributed by atoms with Crippen molar-refractivity contribution in [3.8, 4) is 0 Å². The number of aromatic nitrogens is 1. The number of nitrogens with one attached hydrogen (secondary N) is 1. The zero-order valence-corrected chi connectivity index (χ0v) is 27.7. The molecule has 2 fully saturated rings. The fraction of sp³-hybridized carbons (Fsp3) is 0.368. The Balaban J connectivity index is 1.18. The third-order valence-electron chi connectivity index (χ3n) is 9.76. The van der Waals surface area contributed by atoms with Crippen LogP contribution in [0.25, 0.3) is 10.9 Å². The molecule has 1 aliphatic heterocycles. The molecule has 4 aromatic rings. The Morgan fingerprint density at radius 2 is 1.57 bits per heavy atom. The fourth-order valence-corrected chi connectivity index (χ4v) is 7.31. The maximum Gasteiger partial charge on any atom is 0.253 e. The summed E-state index contributed by atoms with van der Waals surface area (Å²) in [5.74, 6) is -0.396. The molecule has 0 spiro atoms. The van der Waals surface area contributed by atoms with Crippen LogP contribution in [0, 0.1) is 0 Å². The van der Waals surface area contributed by atoms with Gasteiger partial charge in [0.1, 0.15) is 6.04 Å². The summed E-state index contributed by atoms with van der Waals surface area (Å²) in [5, 5.41) is 4.52. The van der Waals surface area contributed by atoms with E-state index in [1.807, 2.05) is 82.6 Å². The van der Waals surface area contributed by atoms with Gasteiger partial charge in [-0.25, -0.2) is 0 Å². The van der Waals surface area contributed by atoms with Crippen LogP contribution in [-0.4, -0.2) is 76.8 Å². The number of para-hydroxylation sites is 2. The molecule has 1 aromatic heterocycles. The van der Waals surface area contributed by atoms with Gasteiger partial charge in [0.25, 0.3) is 5.91 Å². The van der Waals surface area contributed by atoms with Crippen LogP contribution in [0.2, 0.25) is 5.02 Å². The lowest BCUT2D eigenvalue weighted by atomic mass is 9.79. The van der Waals surface area contributed by atoms with Gasteiger partial charge in [0.15, 0.2) is 0 Å². The Labute approximate surface area is 281 Å². The van der Waals surface area contributed by atoms with Crippen molar-refractivity contribution in [3.63, 3.8) is 0 Å². The smallest absolute Gasteiger partial charge is 0.253 e. The number of fused-ring (bicyclic) bond motifs is 1. The van der Waals surface area contributed by atoms with E-state index in [-0.39, 0.29) is 23.3 Å². The molecule has 1 saturated heterocycles. The van der Waals surface area contributed by atoms with Crippen molar-refractivity contribution < 1.29 is 14.4 Å². The number of halogens is 1. The van der Waals surface area contributed by atoms with Gasteiger partial charge >= 0.3 is 0 Å². The molecule has 8 nitrogen and oxygen atoms in total. The van der Waals surface area contributed by atoms with Crippen LogP contribution >= 0.6 is 11.6 Å². The minimum atomic E-state index is -0.753. The number of piperazine rings is 1. The third kappa shape index (κ3) is 7.66. The molecule has 47 heavy (non-hydrogen) atoms. The second-order valence-corrected chi connectivity index (χ2v) is 13.2. The van der Waals surface area contributed by atoms with Crippen molar-refractivity contribution in [2.75, 3.05) is 37.6 Å². The summed E-state index contributed by atoms with van der Waals surface area (Å²) in [6, 6.07) is 26.0. The van der Waals surface area contributed by atoms with Crippen molar-refractivity contribution in [2.24, 2.45) is 0 Å². The molecule has 6 rings (SSSR count). The van der Waals surface area contributed by atoms with E-state index >= 15 is 0 Å². The minimum absolute atomic E-state index is 0.0392. The van der Waals surface area contributed by atoms with E-state index < -0.39 is 6.04 Å². The zero-order chi connectivity index (χ0) is 32.8. The standard InChI is InChI=1S/C38H42ClN5O3/c1-28(45)44(33-11-4-2-5-12-33)27-38(18-8-3-9-19-38)43-22-20-42(21-23-43)37(47)35(24-29-14-16-32(39)17-15-29)41-36(46)31-25-30-10-6-7-13-34(30)40-26-31/h2,4-7,10-17,25-26,35H,3,8-9,18-24,27H2,1H3,(H,41,46). The molecule has 1 atom stereocenters. The van der Waals surface area contributed by atoms with Crippen LogP contribution < -0.4 is 10.2 Å². The summed E-state index contributed by atoms with van der Waals surface area (Å²) in [6.45, 7) is 4.80. The second-order valence-electron chi connectivity index (χ2n) is 12.8. The van der Waals surface area contributed by atoms with E-state index in [4.69, 9.17) is 11.6 Å². The predicted octanol–water partition coefficient (Wildman–Crippen LogP) is 6.13. The van der Waals surface area contributed by atoms with E-state index in [0.29, 0.717) is 49.7 Å². The van der Waals surface area contributed by atoms with E-state index in [0.717, 1.165) is 47.8 Å². The van der Waals surface area contributed by atoms with Gasteiger partial charge in [-0.15, -0.1) is 0 Å². The summed E-state index contributed by atoms with van der Waals surface area (Å²) in [6.07, 6.45) is 7.39. The lowest BCUT2D eigenvalue weighted by Crippen LogP contribution is -2.64. The largest absolute Gasteiger partial charge is 0.340 e. The van der Waals surface area contributed by atoms with Gasteiger partial charge in [-0.05, 0) is 54.8 Å². The highest BCUT2D eigenvalue weighted by Gasteiger charge is 2.42. The molecule has 0 radical (unpaired) electrons. The molecule has 3 amide bonds. The summed E-state index contributed by atoms with van der Waals surface area (Å²) < 4.78 is 0. The van der Waals surface area contributed by atoms with Crippen LogP contribution in [0.15, 0.2) is 91.1 Å². The van der Waals surface area contributed by atoms with Crippen LogP contribution in [0.1, 0.15) is 54.9 Å². The highest BCUT2D eigenvalue weighted by Crippen LogP contribution is 2.36. The first-order chi connectivity index (χ1) is 22.8.